The molecule has 0 aliphatic heterocycles. The maximum Gasteiger partial charge on any atom is 0.161 e. The molecule has 0 heterocycles. The van der Waals surface area contributed by atoms with Crippen molar-refractivity contribution in [3.05, 3.63) is 58.7 Å². The monoisotopic (exact) mass is 342 g/mol. The van der Waals surface area contributed by atoms with E-state index in [9.17, 15) is 10.2 Å². The van der Waals surface area contributed by atoms with Crippen LogP contribution in [-0.2, 0) is 19.3 Å². The van der Waals surface area contributed by atoms with Crippen LogP contribution in [0.25, 0.3) is 0 Å². The van der Waals surface area contributed by atoms with Gasteiger partial charge in [0.25, 0.3) is 0 Å². The van der Waals surface area contributed by atoms with Crippen LogP contribution in [0.4, 0.5) is 0 Å². The van der Waals surface area contributed by atoms with Gasteiger partial charge in [0.2, 0.25) is 0 Å². The fraction of sp³-hybridized carbons (Fsp3) is 0.333. The third-order valence-electron chi connectivity index (χ3n) is 4.15. The molecule has 0 aliphatic carbocycles. The molecule has 4 nitrogen and oxygen atoms in total. The van der Waals surface area contributed by atoms with Crippen LogP contribution in [0.1, 0.15) is 30.5 Å². The Labute approximate surface area is 149 Å². The number of methoxy groups -OCH3 is 2. The molecule has 0 spiro atoms. The molecule has 0 saturated heterocycles. The number of phenols is 2. The molecule has 25 heavy (non-hydrogen) atoms. The third-order valence-corrected chi connectivity index (χ3v) is 4.15. The topological polar surface area (TPSA) is 58.9 Å². The smallest absolute Gasteiger partial charge is 0.161 e. The first kappa shape index (κ1) is 18.7. The molecule has 0 aliphatic rings. The van der Waals surface area contributed by atoms with Crippen molar-refractivity contribution in [1.29, 1.82) is 0 Å². The van der Waals surface area contributed by atoms with Crippen molar-refractivity contribution in [3.8, 4) is 23.0 Å². The first-order valence-corrected chi connectivity index (χ1v) is 8.32. The molecule has 134 valence electrons. The highest BCUT2D eigenvalue weighted by atomic mass is 16.5. The van der Waals surface area contributed by atoms with E-state index in [-0.39, 0.29) is 11.5 Å². The molecule has 0 unspecified atom stereocenters. The Morgan fingerprint density at radius 1 is 1.00 bits per heavy atom. The van der Waals surface area contributed by atoms with Gasteiger partial charge >= 0.3 is 0 Å². The van der Waals surface area contributed by atoms with Gasteiger partial charge in [0.05, 0.1) is 14.2 Å². The number of hydrogen-bond acceptors (Lipinski definition) is 4. The van der Waals surface area contributed by atoms with E-state index in [0.29, 0.717) is 17.9 Å². The van der Waals surface area contributed by atoms with Crippen molar-refractivity contribution < 1.29 is 19.7 Å². The second-order valence-electron chi connectivity index (χ2n) is 6.28. The molecular weight excluding hydrogens is 316 g/mol. The number of rotatable bonds is 7. The minimum Gasteiger partial charge on any atom is -0.508 e. The van der Waals surface area contributed by atoms with Gasteiger partial charge in [-0.1, -0.05) is 17.7 Å². The average Bonchev–Trinajstić information content (AvgIpc) is 2.58. The van der Waals surface area contributed by atoms with Crippen LogP contribution in [0.3, 0.4) is 0 Å². The summed E-state index contributed by atoms with van der Waals surface area (Å²) >= 11 is 0. The standard InChI is InChI=1S/C21H26O4/c1-14(2)5-9-19-16(8-10-20(25-4)21(19)23)7-6-15-11-17(22)13-18(12-15)24-3/h5,8,10-13,22-23H,6-7,9H2,1-4H3. The fourth-order valence-corrected chi connectivity index (χ4v) is 2.77. The summed E-state index contributed by atoms with van der Waals surface area (Å²) in [7, 11) is 3.13. The van der Waals surface area contributed by atoms with Crippen LogP contribution in [0.5, 0.6) is 23.0 Å². The molecule has 0 bridgehead atoms. The molecule has 0 amide bonds. The van der Waals surface area contributed by atoms with Gasteiger partial charge < -0.3 is 19.7 Å². The molecule has 0 atom stereocenters. The van der Waals surface area contributed by atoms with Crippen LogP contribution in [0, 0.1) is 0 Å². The number of allylic oxidation sites excluding steroid dienone is 2. The Balaban J connectivity index is 2.28. The summed E-state index contributed by atoms with van der Waals surface area (Å²) in [4.78, 5) is 0. The van der Waals surface area contributed by atoms with Crippen LogP contribution in [0.15, 0.2) is 42.0 Å². The van der Waals surface area contributed by atoms with Crippen molar-refractivity contribution >= 4 is 0 Å². The SMILES string of the molecule is COc1cc(O)cc(CCc2ccc(OC)c(O)c2CC=C(C)C)c1. The third kappa shape index (κ3) is 4.92. The highest BCUT2D eigenvalue weighted by Gasteiger charge is 2.13. The highest BCUT2D eigenvalue weighted by molar-refractivity contribution is 5.51. The normalized spacial score (nSPS) is 10.4. The van der Waals surface area contributed by atoms with E-state index in [0.717, 1.165) is 29.5 Å². The summed E-state index contributed by atoms with van der Waals surface area (Å²) < 4.78 is 10.4. The van der Waals surface area contributed by atoms with Gasteiger partial charge in [-0.25, -0.2) is 0 Å². The number of phenolic OH excluding ortho intramolecular Hbond substituents is 2. The van der Waals surface area contributed by atoms with E-state index in [1.165, 1.54) is 5.57 Å². The van der Waals surface area contributed by atoms with Gasteiger partial charge in [0.15, 0.2) is 11.5 Å². The van der Waals surface area contributed by atoms with Crippen molar-refractivity contribution in [1.82, 2.24) is 0 Å². The summed E-state index contributed by atoms with van der Waals surface area (Å²) in [5.41, 5.74) is 4.14. The van der Waals surface area contributed by atoms with Gasteiger partial charge in [0, 0.05) is 11.6 Å². The minimum atomic E-state index is 0.191. The Morgan fingerprint density at radius 3 is 2.40 bits per heavy atom. The molecule has 0 radical (unpaired) electrons. The maximum atomic E-state index is 10.5. The first-order valence-electron chi connectivity index (χ1n) is 8.32. The van der Waals surface area contributed by atoms with E-state index in [4.69, 9.17) is 9.47 Å². The Bertz CT molecular complexity index is 759. The fourth-order valence-electron chi connectivity index (χ4n) is 2.77. The quantitative estimate of drug-likeness (QED) is 0.732. The lowest BCUT2D eigenvalue weighted by Crippen LogP contribution is -1.99. The van der Waals surface area contributed by atoms with Crippen LogP contribution < -0.4 is 9.47 Å². The summed E-state index contributed by atoms with van der Waals surface area (Å²) in [6, 6.07) is 9.02. The molecule has 0 aromatic heterocycles. The summed E-state index contributed by atoms with van der Waals surface area (Å²) in [5.74, 6) is 1.51. The zero-order chi connectivity index (χ0) is 18.4. The number of benzene rings is 2. The number of hydrogen-bond donors (Lipinski definition) is 2. The Morgan fingerprint density at radius 2 is 1.76 bits per heavy atom. The van der Waals surface area contributed by atoms with Gasteiger partial charge in [-0.2, -0.15) is 0 Å². The summed E-state index contributed by atoms with van der Waals surface area (Å²) in [5, 5.41) is 20.3. The molecular formula is C21H26O4. The minimum absolute atomic E-state index is 0.191. The lowest BCUT2D eigenvalue weighted by Gasteiger charge is -2.14. The second kappa shape index (κ2) is 8.47. The van der Waals surface area contributed by atoms with E-state index < -0.39 is 0 Å². The number of aryl methyl sites for hydroxylation is 2. The molecule has 2 aromatic rings. The van der Waals surface area contributed by atoms with E-state index in [1.54, 1.807) is 32.4 Å². The van der Waals surface area contributed by atoms with Crippen LogP contribution in [0.2, 0.25) is 0 Å². The molecule has 2 N–H and O–H groups in total. The zero-order valence-electron chi connectivity index (χ0n) is 15.3. The van der Waals surface area contributed by atoms with Crippen LogP contribution in [-0.4, -0.2) is 24.4 Å². The predicted octanol–water partition coefficient (Wildman–Crippen LogP) is 4.41. The van der Waals surface area contributed by atoms with Gasteiger partial charge in [0.1, 0.15) is 11.5 Å². The maximum absolute atomic E-state index is 10.5. The molecule has 0 fully saturated rings. The average molecular weight is 342 g/mol. The van der Waals surface area contributed by atoms with E-state index >= 15 is 0 Å². The van der Waals surface area contributed by atoms with E-state index in [1.807, 2.05) is 26.0 Å². The number of aromatic hydroxyl groups is 2. The van der Waals surface area contributed by atoms with E-state index in [2.05, 4.69) is 6.08 Å². The molecule has 0 saturated carbocycles. The Kier molecular flexibility index (Phi) is 6.34. The molecule has 4 heteroatoms. The Hall–Kier alpha value is -2.62. The molecule has 2 aromatic carbocycles. The van der Waals surface area contributed by atoms with Crippen molar-refractivity contribution in [3.63, 3.8) is 0 Å². The largest absolute Gasteiger partial charge is 0.508 e. The lowest BCUT2D eigenvalue weighted by atomic mass is 9.96. The van der Waals surface area contributed by atoms with Gasteiger partial charge in [-0.05, 0) is 62.4 Å². The predicted molar refractivity (Wildman–Crippen MR) is 99.9 cm³/mol. The van der Waals surface area contributed by atoms with Crippen molar-refractivity contribution in [2.45, 2.75) is 33.1 Å². The van der Waals surface area contributed by atoms with Gasteiger partial charge in [-0.15, -0.1) is 0 Å². The first-order chi connectivity index (χ1) is 11.9. The van der Waals surface area contributed by atoms with Crippen molar-refractivity contribution in [2.75, 3.05) is 14.2 Å². The second-order valence-corrected chi connectivity index (χ2v) is 6.28. The number of ether oxygens (including phenoxy) is 2. The summed E-state index contributed by atoms with van der Waals surface area (Å²) in [6.07, 6.45) is 4.23. The highest BCUT2D eigenvalue weighted by Crippen LogP contribution is 2.34. The van der Waals surface area contributed by atoms with Gasteiger partial charge in [-0.3, -0.25) is 0 Å². The van der Waals surface area contributed by atoms with Crippen LogP contribution >= 0.6 is 0 Å². The van der Waals surface area contributed by atoms with Crippen molar-refractivity contribution in [2.24, 2.45) is 0 Å². The molecule has 2 rings (SSSR count). The lowest BCUT2D eigenvalue weighted by molar-refractivity contribution is 0.370. The summed E-state index contributed by atoms with van der Waals surface area (Å²) in [6.45, 7) is 4.08. The zero-order valence-corrected chi connectivity index (χ0v) is 15.3.